The Morgan fingerprint density at radius 2 is 2.23 bits per heavy atom. The van der Waals surface area contributed by atoms with Crippen molar-refractivity contribution in [3.05, 3.63) is 42.5 Å². The molecule has 0 aliphatic heterocycles. The number of nitrogens with zero attached hydrogens (tertiary/aromatic N) is 3. The summed E-state index contributed by atoms with van der Waals surface area (Å²) in [6, 6.07) is 7.77. The van der Waals surface area contributed by atoms with Crippen LogP contribution in [0.25, 0.3) is 0 Å². The summed E-state index contributed by atoms with van der Waals surface area (Å²) in [5, 5.41) is 11.3. The topological polar surface area (TPSA) is 85.8 Å². The van der Waals surface area contributed by atoms with Crippen molar-refractivity contribution in [1.82, 2.24) is 14.8 Å². The van der Waals surface area contributed by atoms with Gasteiger partial charge in [0.15, 0.2) is 5.16 Å². The van der Waals surface area contributed by atoms with E-state index in [0.717, 1.165) is 17.7 Å². The number of aromatic nitrogens is 3. The van der Waals surface area contributed by atoms with E-state index in [4.69, 9.17) is 5.73 Å². The van der Waals surface area contributed by atoms with Crippen molar-refractivity contribution >= 4 is 29.3 Å². The van der Waals surface area contributed by atoms with Gasteiger partial charge in [-0.25, -0.2) is 0 Å². The Morgan fingerprint density at radius 3 is 2.95 bits per heavy atom. The Hall–Kier alpha value is -2.28. The number of carbonyl (C=O) groups excluding carboxylic acids is 1. The Kier molecular flexibility index (Phi) is 5.60. The first-order valence-corrected chi connectivity index (χ1v) is 7.94. The maximum atomic E-state index is 12.1. The average molecular weight is 317 g/mol. The molecular weight excluding hydrogens is 298 g/mol. The van der Waals surface area contributed by atoms with Crippen molar-refractivity contribution < 1.29 is 4.79 Å². The van der Waals surface area contributed by atoms with Crippen molar-refractivity contribution in [3.63, 3.8) is 0 Å². The number of anilines is 2. The van der Waals surface area contributed by atoms with Crippen LogP contribution >= 0.6 is 11.8 Å². The number of hydrogen-bond donors (Lipinski definition) is 2. The molecule has 0 saturated carbocycles. The summed E-state index contributed by atoms with van der Waals surface area (Å²) in [4.78, 5) is 12.1. The van der Waals surface area contributed by atoms with E-state index in [9.17, 15) is 4.79 Å². The molecule has 0 fully saturated rings. The SMILES string of the molecule is C=CCn1c(N)nnc1SCC(=O)Nc1ccccc1CC. The standard InChI is InChI=1S/C15H19N5OS/c1-3-9-20-14(16)18-19-15(20)22-10-13(21)17-12-8-6-5-7-11(12)4-2/h3,5-8H,1,4,9-10H2,2H3,(H2,16,18)(H,17,21). The molecule has 0 spiro atoms. The molecule has 1 aromatic carbocycles. The van der Waals surface area contributed by atoms with Gasteiger partial charge in [-0.1, -0.05) is 43.0 Å². The van der Waals surface area contributed by atoms with Crippen molar-refractivity contribution in [2.45, 2.75) is 25.0 Å². The third kappa shape index (κ3) is 3.88. The number of para-hydroxylation sites is 1. The molecule has 2 rings (SSSR count). The highest BCUT2D eigenvalue weighted by atomic mass is 32.2. The smallest absolute Gasteiger partial charge is 0.234 e. The minimum atomic E-state index is -0.0855. The number of aryl methyl sites for hydroxylation is 1. The molecule has 0 aliphatic rings. The summed E-state index contributed by atoms with van der Waals surface area (Å²) in [6.07, 6.45) is 2.58. The zero-order valence-electron chi connectivity index (χ0n) is 12.5. The van der Waals surface area contributed by atoms with E-state index in [-0.39, 0.29) is 11.7 Å². The fourth-order valence-electron chi connectivity index (χ4n) is 1.97. The highest BCUT2D eigenvalue weighted by molar-refractivity contribution is 7.99. The minimum absolute atomic E-state index is 0.0855. The largest absolute Gasteiger partial charge is 0.368 e. The molecule has 0 bridgehead atoms. The molecule has 0 atom stereocenters. The maximum absolute atomic E-state index is 12.1. The number of hydrogen-bond acceptors (Lipinski definition) is 5. The number of thioether (sulfide) groups is 1. The van der Waals surface area contributed by atoms with Gasteiger partial charge in [0.05, 0.1) is 5.75 Å². The predicted molar refractivity (Wildman–Crippen MR) is 89.8 cm³/mol. The van der Waals surface area contributed by atoms with E-state index in [0.29, 0.717) is 17.6 Å². The number of carbonyl (C=O) groups is 1. The minimum Gasteiger partial charge on any atom is -0.368 e. The summed E-state index contributed by atoms with van der Waals surface area (Å²) >= 11 is 1.30. The van der Waals surface area contributed by atoms with Gasteiger partial charge < -0.3 is 11.1 Å². The van der Waals surface area contributed by atoms with Gasteiger partial charge in [-0.15, -0.1) is 16.8 Å². The van der Waals surface area contributed by atoms with Crippen LogP contribution in [-0.2, 0) is 17.8 Å². The normalized spacial score (nSPS) is 10.4. The Morgan fingerprint density at radius 1 is 1.45 bits per heavy atom. The molecule has 0 radical (unpaired) electrons. The lowest BCUT2D eigenvalue weighted by atomic mass is 10.1. The summed E-state index contributed by atoms with van der Waals surface area (Å²) in [7, 11) is 0. The van der Waals surface area contributed by atoms with Crippen LogP contribution in [0.3, 0.4) is 0 Å². The van der Waals surface area contributed by atoms with E-state index in [2.05, 4.69) is 29.0 Å². The zero-order valence-corrected chi connectivity index (χ0v) is 13.3. The fraction of sp³-hybridized carbons (Fsp3) is 0.267. The second kappa shape index (κ2) is 7.65. The number of amides is 1. The van der Waals surface area contributed by atoms with Gasteiger partial charge in [-0.3, -0.25) is 9.36 Å². The predicted octanol–water partition coefficient (Wildman–Crippen LogP) is 2.34. The van der Waals surface area contributed by atoms with E-state index >= 15 is 0 Å². The zero-order chi connectivity index (χ0) is 15.9. The van der Waals surface area contributed by atoms with Crippen molar-refractivity contribution in [1.29, 1.82) is 0 Å². The van der Waals surface area contributed by atoms with Gasteiger partial charge in [-0.2, -0.15) is 0 Å². The fourth-order valence-corrected chi connectivity index (χ4v) is 2.73. The summed E-state index contributed by atoms with van der Waals surface area (Å²) in [5.41, 5.74) is 7.68. The number of benzene rings is 1. The molecule has 0 aliphatic carbocycles. The second-order valence-electron chi connectivity index (χ2n) is 4.59. The third-order valence-corrected chi connectivity index (χ3v) is 4.03. The molecule has 116 valence electrons. The Balaban J connectivity index is 1.97. The quantitative estimate of drug-likeness (QED) is 0.605. The number of allylic oxidation sites excluding steroid dienone is 1. The van der Waals surface area contributed by atoms with Gasteiger partial charge in [0.2, 0.25) is 11.9 Å². The molecule has 1 amide bonds. The van der Waals surface area contributed by atoms with Crippen molar-refractivity contribution in [3.8, 4) is 0 Å². The van der Waals surface area contributed by atoms with Crippen LogP contribution in [0.4, 0.5) is 11.6 Å². The number of nitrogens with two attached hydrogens (primary N) is 1. The number of rotatable bonds is 7. The van der Waals surface area contributed by atoms with E-state index in [1.54, 1.807) is 10.6 Å². The first kappa shape index (κ1) is 16.1. The van der Waals surface area contributed by atoms with Gasteiger partial charge in [0.25, 0.3) is 0 Å². The first-order valence-electron chi connectivity index (χ1n) is 6.95. The Bertz CT molecular complexity index is 668. The average Bonchev–Trinajstić information content (AvgIpc) is 2.87. The van der Waals surface area contributed by atoms with Crippen molar-refractivity contribution in [2.75, 3.05) is 16.8 Å². The van der Waals surface area contributed by atoms with E-state index in [1.165, 1.54) is 11.8 Å². The number of nitrogens with one attached hydrogen (secondary N) is 1. The molecule has 1 aromatic heterocycles. The highest BCUT2D eigenvalue weighted by Gasteiger charge is 2.12. The molecule has 6 nitrogen and oxygen atoms in total. The van der Waals surface area contributed by atoms with Gasteiger partial charge in [0, 0.05) is 12.2 Å². The molecule has 0 saturated heterocycles. The molecular formula is C15H19N5OS. The summed E-state index contributed by atoms with van der Waals surface area (Å²) < 4.78 is 1.71. The van der Waals surface area contributed by atoms with Crippen LogP contribution in [-0.4, -0.2) is 26.4 Å². The lowest BCUT2D eigenvalue weighted by Crippen LogP contribution is -2.15. The third-order valence-electron chi connectivity index (χ3n) is 3.06. The van der Waals surface area contributed by atoms with Crippen LogP contribution in [0.1, 0.15) is 12.5 Å². The summed E-state index contributed by atoms with van der Waals surface area (Å²) in [5.74, 6) is 0.476. The Labute approximate surface area is 133 Å². The van der Waals surface area contributed by atoms with Crippen LogP contribution in [0.2, 0.25) is 0 Å². The maximum Gasteiger partial charge on any atom is 0.234 e. The number of nitrogen functional groups attached to an aromatic ring is 1. The molecule has 7 heteroatoms. The molecule has 1 heterocycles. The lowest BCUT2D eigenvalue weighted by Gasteiger charge is -2.09. The second-order valence-corrected chi connectivity index (χ2v) is 5.53. The molecule has 22 heavy (non-hydrogen) atoms. The molecule has 0 unspecified atom stereocenters. The highest BCUT2D eigenvalue weighted by Crippen LogP contribution is 2.20. The lowest BCUT2D eigenvalue weighted by molar-refractivity contribution is -0.113. The van der Waals surface area contributed by atoms with E-state index in [1.807, 2.05) is 24.3 Å². The van der Waals surface area contributed by atoms with Gasteiger partial charge >= 0.3 is 0 Å². The first-order chi connectivity index (χ1) is 10.7. The molecule has 2 aromatic rings. The van der Waals surface area contributed by atoms with Crippen LogP contribution < -0.4 is 11.1 Å². The van der Waals surface area contributed by atoms with Crippen LogP contribution in [0, 0.1) is 0 Å². The van der Waals surface area contributed by atoms with Gasteiger partial charge in [-0.05, 0) is 18.1 Å². The van der Waals surface area contributed by atoms with Crippen LogP contribution in [0.15, 0.2) is 42.1 Å². The van der Waals surface area contributed by atoms with Gasteiger partial charge in [0.1, 0.15) is 0 Å². The van der Waals surface area contributed by atoms with E-state index < -0.39 is 0 Å². The summed E-state index contributed by atoms with van der Waals surface area (Å²) in [6.45, 7) is 6.24. The van der Waals surface area contributed by atoms with Crippen molar-refractivity contribution in [2.24, 2.45) is 0 Å². The monoisotopic (exact) mass is 317 g/mol. The molecule has 3 N–H and O–H groups in total. The van der Waals surface area contributed by atoms with Crippen LogP contribution in [0.5, 0.6) is 0 Å².